The minimum atomic E-state index is -2.44. The Bertz CT molecular complexity index is 1160. The van der Waals surface area contributed by atoms with E-state index in [0.29, 0.717) is 12.0 Å². The van der Waals surface area contributed by atoms with Gasteiger partial charge in [0.1, 0.15) is 17.0 Å². The van der Waals surface area contributed by atoms with Gasteiger partial charge in [-0.1, -0.05) is 13.0 Å². The largest absolute Gasteiger partial charge is 0.459 e. The smallest absolute Gasteiger partial charge is 0.341 e. The molecule has 0 bridgehead atoms. The summed E-state index contributed by atoms with van der Waals surface area (Å²) in [5.74, 6) is -5.57. The molecule has 11 nitrogen and oxygen atoms in total. The van der Waals surface area contributed by atoms with Crippen LogP contribution in [0.2, 0.25) is 0 Å². The van der Waals surface area contributed by atoms with E-state index in [1.54, 1.807) is 33.8 Å². The van der Waals surface area contributed by atoms with Gasteiger partial charge in [0, 0.05) is 38.2 Å². The van der Waals surface area contributed by atoms with Crippen molar-refractivity contribution in [1.29, 1.82) is 0 Å². The fraction of sp³-hybridized carbons (Fsp3) is 0.690. The number of fused-ring (bicyclic) bond motifs is 3. The molecule has 2 N–H and O–H groups in total. The van der Waals surface area contributed by atoms with Gasteiger partial charge in [0.2, 0.25) is 0 Å². The zero-order valence-electron chi connectivity index (χ0n) is 24.4. The maximum absolute atomic E-state index is 13.0. The van der Waals surface area contributed by atoms with Crippen LogP contribution in [0.4, 0.5) is 0 Å². The molecule has 2 fully saturated rings. The lowest BCUT2D eigenvalue weighted by atomic mass is 9.68. The molecule has 2 aliphatic carbocycles. The van der Waals surface area contributed by atoms with Gasteiger partial charge in [-0.3, -0.25) is 14.4 Å². The lowest BCUT2D eigenvalue weighted by Gasteiger charge is -2.42. The minimum absolute atomic E-state index is 0.196. The molecule has 3 rings (SSSR count). The Morgan fingerprint density at radius 1 is 1.07 bits per heavy atom. The molecule has 222 valence electrons. The second-order valence-corrected chi connectivity index (χ2v) is 11.5. The number of hydrogen-bond acceptors (Lipinski definition) is 11. The van der Waals surface area contributed by atoms with Gasteiger partial charge in [0.05, 0.1) is 5.92 Å². The summed E-state index contributed by atoms with van der Waals surface area (Å²) in [6.45, 7) is 11.7. The van der Waals surface area contributed by atoms with Crippen molar-refractivity contribution >= 4 is 29.7 Å². The van der Waals surface area contributed by atoms with Crippen molar-refractivity contribution in [2.75, 3.05) is 0 Å². The highest BCUT2D eigenvalue weighted by atomic mass is 16.6. The van der Waals surface area contributed by atoms with Gasteiger partial charge in [0.15, 0.2) is 23.9 Å². The van der Waals surface area contributed by atoms with Crippen LogP contribution in [0.1, 0.15) is 81.1 Å². The van der Waals surface area contributed by atoms with Crippen LogP contribution in [-0.2, 0) is 42.9 Å². The lowest BCUT2D eigenvalue weighted by molar-refractivity contribution is -0.188. The van der Waals surface area contributed by atoms with Gasteiger partial charge in [-0.15, -0.1) is 0 Å². The number of ketones is 1. The van der Waals surface area contributed by atoms with E-state index >= 15 is 0 Å². The fourth-order valence-electron chi connectivity index (χ4n) is 6.59. The molecule has 0 aromatic heterocycles. The van der Waals surface area contributed by atoms with Crippen LogP contribution in [0, 0.1) is 11.8 Å². The summed E-state index contributed by atoms with van der Waals surface area (Å²) in [5.41, 5.74) is -5.53. The van der Waals surface area contributed by atoms with Gasteiger partial charge < -0.3 is 29.2 Å². The van der Waals surface area contributed by atoms with Crippen LogP contribution in [0.3, 0.4) is 0 Å². The Labute approximate surface area is 233 Å². The van der Waals surface area contributed by atoms with Crippen molar-refractivity contribution in [3.8, 4) is 0 Å². The standard InChI is InChI=1S/C29H40O11/c1-9-11-19(32)12-18-13-27(7,40-17(6)31)21-20(24-29(18,36)28(8,35)26(34)39-24)15(4)22(23(21)37-16(5)30)38-25(33)14(3)10-2/h10,18,21-24,35-36H,9,11-13H2,1-8H3/b14-10-/t18-,21+,22-,23-,24-,27-,28+,29+/m0/s1. The Hall–Kier alpha value is -3.05. The summed E-state index contributed by atoms with van der Waals surface area (Å²) in [6.07, 6.45) is -2.08. The average Bonchev–Trinajstić information content (AvgIpc) is 3.17. The van der Waals surface area contributed by atoms with Crippen molar-refractivity contribution in [3.63, 3.8) is 0 Å². The first-order valence-electron chi connectivity index (χ1n) is 13.5. The second kappa shape index (κ2) is 11.1. The zero-order chi connectivity index (χ0) is 30.4. The molecule has 8 atom stereocenters. The molecule has 0 aromatic carbocycles. The molecule has 0 unspecified atom stereocenters. The van der Waals surface area contributed by atoms with Crippen LogP contribution < -0.4 is 0 Å². The highest BCUT2D eigenvalue weighted by Crippen LogP contribution is 2.59. The van der Waals surface area contributed by atoms with Crippen LogP contribution in [0.15, 0.2) is 22.8 Å². The Morgan fingerprint density at radius 3 is 2.23 bits per heavy atom. The van der Waals surface area contributed by atoms with E-state index in [1.165, 1.54) is 13.8 Å². The van der Waals surface area contributed by atoms with Crippen LogP contribution in [0.25, 0.3) is 0 Å². The van der Waals surface area contributed by atoms with Gasteiger partial charge in [-0.25, -0.2) is 9.59 Å². The van der Waals surface area contributed by atoms with Gasteiger partial charge in [-0.2, -0.15) is 0 Å². The monoisotopic (exact) mass is 564 g/mol. The maximum atomic E-state index is 13.0. The highest BCUT2D eigenvalue weighted by molar-refractivity contribution is 5.88. The van der Waals surface area contributed by atoms with Crippen molar-refractivity contribution in [2.24, 2.45) is 11.8 Å². The molecule has 1 heterocycles. The summed E-state index contributed by atoms with van der Waals surface area (Å²) in [5, 5.41) is 23.7. The Balaban J connectivity index is 2.34. The van der Waals surface area contributed by atoms with E-state index in [1.807, 2.05) is 6.92 Å². The number of allylic oxidation sites excluding steroid dienone is 1. The van der Waals surface area contributed by atoms with Crippen molar-refractivity contribution in [1.82, 2.24) is 0 Å². The Kier molecular flexibility index (Phi) is 8.72. The molecule has 0 radical (unpaired) electrons. The van der Waals surface area contributed by atoms with E-state index in [0.717, 1.165) is 6.92 Å². The number of carbonyl (C=O) groups excluding carboxylic acids is 5. The number of hydrogen-bond donors (Lipinski definition) is 2. The number of esters is 4. The molecular weight excluding hydrogens is 524 g/mol. The van der Waals surface area contributed by atoms with E-state index in [9.17, 15) is 34.2 Å². The molecule has 1 aliphatic heterocycles. The molecule has 11 heteroatoms. The number of ether oxygens (including phenoxy) is 4. The van der Waals surface area contributed by atoms with Crippen molar-refractivity contribution in [2.45, 2.75) is 116 Å². The molecule has 1 saturated carbocycles. The molecule has 3 aliphatic rings. The summed E-state index contributed by atoms with van der Waals surface area (Å²) in [6, 6.07) is 0. The van der Waals surface area contributed by atoms with Crippen molar-refractivity contribution < 1.29 is 53.1 Å². The van der Waals surface area contributed by atoms with Crippen LogP contribution >= 0.6 is 0 Å². The van der Waals surface area contributed by atoms with Crippen LogP contribution in [-0.4, -0.2) is 75.0 Å². The molecule has 0 spiro atoms. The third-order valence-electron chi connectivity index (χ3n) is 8.53. The number of carbonyl (C=O) groups is 5. The zero-order valence-corrected chi connectivity index (χ0v) is 24.4. The normalized spacial score (nSPS) is 37.2. The van der Waals surface area contributed by atoms with E-state index < -0.39 is 70.8 Å². The predicted molar refractivity (Wildman–Crippen MR) is 139 cm³/mol. The molecule has 40 heavy (non-hydrogen) atoms. The highest BCUT2D eigenvalue weighted by Gasteiger charge is 2.74. The number of aliphatic hydroxyl groups is 2. The van der Waals surface area contributed by atoms with E-state index in [4.69, 9.17) is 18.9 Å². The topological polar surface area (TPSA) is 163 Å². The summed E-state index contributed by atoms with van der Waals surface area (Å²) in [4.78, 5) is 63.5. The molecule has 0 amide bonds. The third-order valence-corrected chi connectivity index (χ3v) is 8.53. The Morgan fingerprint density at radius 2 is 1.70 bits per heavy atom. The summed E-state index contributed by atoms with van der Waals surface area (Å²) in [7, 11) is 0. The van der Waals surface area contributed by atoms with Crippen molar-refractivity contribution in [3.05, 3.63) is 22.8 Å². The van der Waals surface area contributed by atoms with Crippen LogP contribution in [0.5, 0.6) is 0 Å². The number of Topliss-reactive ketones (excluding diaryl/α,β-unsaturated/α-hetero) is 1. The molecule has 1 saturated heterocycles. The number of rotatable bonds is 8. The van der Waals surface area contributed by atoms with Gasteiger partial charge in [-0.05, 0) is 58.6 Å². The lowest BCUT2D eigenvalue weighted by Crippen LogP contribution is -2.61. The second-order valence-electron chi connectivity index (χ2n) is 11.5. The quantitative estimate of drug-likeness (QED) is 0.192. The summed E-state index contributed by atoms with van der Waals surface area (Å²) >= 11 is 0. The van der Waals surface area contributed by atoms with Gasteiger partial charge >= 0.3 is 23.9 Å². The maximum Gasteiger partial charge on any atom is 0.341 e. The van der Waals surface area contributed by atoms with E-state index in [2.05, 4.69) is 0 Å². The van der Waals surface area contributed by atoms with E-state index in [-0.39, 0.29) is 36.2 Å². The first kappa shape index (κ1) is 31.5. The average molecular weight is 565 g/mol. The molecule has 0 aromatic rings. The third kappa shape index (κ3) is 5.09. The summed E-state index contributed by atoms with van der Waals surface area (Å²) < 4.78 is 23.0. The SMILES string of the molecule is C/C=C(/C)C(=O)O[C@H]1C(C)=C2[C@H]([C@@H]1OC(C)=O)[C@@](C)(OC(C)=O)C[C@H](CC(=O)CCC)[C@@]1(O)[C@H]2OC(=O)[C@@]1(C)O. The first-order chi connectivity index (χ1) is 18.5. The van der Waals surface area contributed by atoms with Gasteiger partial charge in [0.25, 0.3) is 0 Å². The minimum Gasteiger partial charge on any atom is -0.459 e. The molecular formula is C29H40O11. The predicted octanol–water partition coefficient (Wildman–Crippen LogP) is 2.25. The first-order valence-corrected chi connectivity index (χ1v) is 13.5. The fourth-order valence-corrected chi connectivity index (χ4v) is 6.59.